The first kappa shape index (κ1) is 31.9. The molecule has 0 saturated carbocycles. The molecule has 260 valence electrons. The van der Waals surface area contributed by atoms with Crippen LogP contribution in [0, 0.1) is 0 Å². The molecule has 0 amide bonds. The molecule has 0 unspecified atom stereocenters. The summed E-state index contributed by atoms with van der Waals surface area (Å²) in [5, 5.41) is 2.00. The van der Waals surface area contributed by atoms with Gasteiger partial charge in [0.1, 0.15) is 27.5 Å². The van der Waals surface area contributed by atoms with Crippen molar-refractivity contribution in [2.75, 3.05) is 4.31 Å². The largest absolute Gasteiger partial charge is 0.455 e. The third-order valence-electron chi connectivity index (χ3n) is 9.96. The van der Waals surface area contributed by atoms with Crippen LogP contribution >= 0.6 is 0 Å². The number of sulfonamides is 1. The van der Waals surface area contributed by atoms with Crippen molar-refractivity contribution in [3.8, 4) is 45.3 Å². The molecule has 0 saturated heterocycles. The average Bonchev–Trinajstić information content (AvgIpc) is 3.57. The van der Waals surface area contributed by atoms with Crippen LogP contribution in [-0.4, -0.2) is 18.4 Å². The molecular weight excluding hydrogens is 691 g/mol. The molecule has 6 aromatic carbocycles. The van der Waals surface area contributed by atoms with Crippen LogP contribution in [0.15, 0.2) is 173 Å². The van der Waals surface area contributed by atoms with Crippen LogP contribution in [0.3, 0.4) is 0 Å². The summed E-state index contributed by atoms with van der Waals surface area (Å²) in [5.74, 6) is 1.15. The van der Waals surface area contributed by atoms with E-state index < -0.39 is 10.0 Å². The Kier molecular flexibility index (Phi) is 7.52. The maximum Gasteiger partial charge on any atom is 0.272 e. The van der Waals surface area contributed by atoms with Gasteiger partial charge in [-0.3, -0.25) is 0 Å². The number of hydrogen-bond acceptors (Lipinski definition) is 6. The van der Waals surface area contributed by atoms with Crippen LogP contribution in [0.5, 0.6) is 11.5 Å². The zero-order valence-corrected chi connectivity index (χ0v) is 29.7. The van der Waals surface area contributed by atoms with Crippen LogP contribution in [0.4, 0.5) is 11.4 Å². The monoisotopic (exact) mass is 721 g/mol. The van der Waals surface area contributed by atoms with Gasteiger partial charge in [-0.2, -0.15) is 0 Å². The summed E-state index contributed by atoms with van der Waals surface area (Å²) >= 11 is 0. The standard InChI is InChI=1S/C46H31N3O4S/c50-54(51)44-24-10-9-23-43(44)52-42-26-25-32(35-20-12-21-37-36-19-7-8-22-41(36)53-45(35)37)28-40(42)49(54)34-18-11-17-33(27-34)46-47-38(30-13-3-1-4-14-30)29-39(48-46)31-15-5-2-6-16-31/h1-5,7-15,17-29H,6,16H2. The maximum atomic E-state index is 14.9. The molecular formula is C46H31N3O4S. The average molecular weight is 722 g/mol. The van der Waals surface area contributed by atoms with E-state index in [0.29, 0.717) is 28.5 Å². The highest BCUT2D eigenvalue weighted by molar-refractivity contribution is 7.93. The van der Waals surface area contributed by atoms with Gasteiger partial charge in [-0.15, -0.1) is 0 Å². The van der Waals surface area contributed by atoms with E-state index >= 15 is 0 Å². The fourth-order valence-electron chi connectivity index (χ4n) is 7.36. The fourth-order valence-corrected chi connectivity index (χ4v) is 8.97. The molecule has 0 bridgehead atoms. The molecule has 0 spiro atoms. The number of para-hydroxylation sites is 3. The Morgan fingerprint density at radius 3 is 2.30 bits per heavy atom. The summed E-state index contributed by atoms with van der Waals surface area (Å²) in [5.41, 5.74) is 8.31. The van der Waals surface area contributed by atoms with E-state index in [4.69, 9.17) is 19.1 Å². The van der Waals surface area contributed by atoms with E-state index in [1.807, 2.05) is 115 Å². The van der Waals surface area contributed by atoms with Gasteiger partial charge in [0.2, 0.25) is 0 Å². The summed E-state index contributed by atoms with van der Waals surface area (Å²) in [6.45, 7) is 0. The third-order valence-corrected chi connectivity index (χ3v) is 11.7. The number of allylic oxidation sites excluding steroid dienone is 4. The highest BCUT2D eigenvalue weighted by atomic mass is 32.2. The van der Waals surface area contributed by atoms with Crippen molar-refractivity contribution in [2.24, 2.45) is 0 Å². The molecule has 1 aliphatic heterocycles. The topological polar surface area (TPSA) is 85.5 Å². The fraction of sp³-hybridized carbons (Fsp3) is 0.0435. The van der Waals surface area contributed by atoms with Gasteiger partial charge in [-0.1, -0.05) is 115 Å². The predicted octanol–water partition coefficient (Wildman–Crippen LogP) is 11.7. The molecule has 3 heterocycles. The van der Waals surface area contributed by atoms with E-state index in [9.17, 15) is 8.42 Å². The van der Waals surface area contributed by atoms with Crippen molar-refractivity contribution in [1.82, 2.24) is 9.97 Å². The second-order valence-corrected chi connectivity index (χ2v) is 15.1. The maximum absolute atomic E-state index is 14.9. The molecule has 0 atom stereocenters. The number of fused-ring (bicyclic) bond motifs is 5. The SMILES string of the molecule is O=S1(=O)c2ccccc2Oc2ccc(-c3cccc4c3oc3ccccc34)cc2N1c1cccc(-c2nc(C3=CC=CCC3)cc(-c3ccccc3)n2)c1. The van der Waals surface area contributed by atoms with Crippen molar-refractivity contribution in [3.63, 3.8) is 0 Å². The third kappa shape index (κ3) is 5.38. The Labute approximate surface area is 312 Å². The van der Waals surface area contributed by atoms with Gasteiger partial charge in [0.15, 0.2) is 11.6 Å². The van der Waals surface area contributed by atoms with Crippen molar-refractivity contribution >= 4 is 48.9 Å². The second-order valence-electron chi connectivity index (χ2n) is 13.3. The number of nitrogens with zero attached hydrogens (tertiary/aromatic N) is 3. The summed E-state index contributed by atoms with van der Waals surface area (Å²) in [7, 11) is -4.20. The summed E-state index contributed by atoms with van der Waals surface area (Å²) in [6.07, 6.45) is 8.12. The van der Waals surface area contributed by atoms with Crippen LogP contribution < -0.4 is 9.04 Å². The number of rotatable bonds is 5. The minimum Gasteiger partial charge on any atom is -0.455 e. The highest BCUT2D eigenvalue weighted by Gasteiger charge is 2.35. The first-order valence-corrected chi connectivity index (χ1v) is 19.2. The number of hydrogen-bond donors (Lipinski definition) is 0. The van der Waals surface area contributed by atoms with E-state index in [2.05, 4.69) is 18.2 Å². The lowest BCUT2D eigenvalue weighted by Gasteiger charge is -2.24. The first-order chi connectivity index (χ1) is 26.5. The van der Waals surface area contributed by atoms with Gasteiger partial charge in [0.05, 0.1) is 17.1 Å². The van der Waals surface area contributed by atoms with Crippen LogP contribution in [-0.2, 0) is 10.0 Å². The molecule has 10 rings (SSSR count). The van der Waals surface area contributed by atoms with Crippen molar-refractivity contribution in [3.05, 3.63) is 170 Å². The molecule has 2 aliphatic rings. The van der Waals surface area contributed by atoms with Gasteiger partial charge in [0, 0.05) is 27.5 Å². The molecule has 7 nitrogen and oxygen atoms in total. The lowest BCUT2D eigenvalue weighted by Crippen LogP contribution is -2.25. The molecule has 8 heteroatoms. The predicted molar refractivity (Wildman–Crippen MR) is 214 cm³/mol. The van der Waals surface area contributed by atoms with E-state index in [1.54, 1.807) is 30.3 Å². The summed E-state index contributed by atoms with van der Waals surface area (Å²) in [4.78, 5) is 10.2. The number of aromatic nitrogens is 2. The zero-order chi connectivity index (χ0) is 36.2. The Bertz CT molecular complexity index is 2950. The molecule has 2 aromatic heterocycles. The molecule has 1 aliphatic carbocycles. The van der Waals surface area contributed by atoms with E-state index in [-0.39, 0.29) is 10.6 Å². The van der Waals surface area contributed by atoms with E-state index in [1.165, 1.54) is 4.31 Å². The van der Waals surface area contributed by atoms with Crippen LogP contribution in [0.1, 0.15) is 18.5 Å². The minimum absolute atomic E-state index is 0.0643. The number of benzene rings is 6. The Balaban J connectivity index is 1.16. The highest BCUT2D eigenvalue weighted by Crippen LogP contribution is 2.48. The van der Waals surface area contributed by atoms with Gasteiger partial charge in [-0.25, -0.2) is 22.7 Å². The van der Waals surface area contributed by atoms with E-state index in [0.717, 1.165) is 68.4 Å². The Morgan fingerprint density at radius 2 is 1.41 bits per heavy atom. The van der Waals surface area contributed by atoms with Crippen molar-refractivity contribution < 1.29 is 17.6 Å². The Hall–Kier alpha value is -6.77. The smallest absolute Gasteiger partial charge is 0.272 e. The zero-order valence-electron chi connectivity index (χ0n) is 28.9. The van der Waals surface area contributed by atoms with Gasteiger partial charge in [0.25, 0.3) is 10.0 Å². The van der Waals surface area contributed by atoms with Crippen molar-refractivity contribution in [1.29, 1.82) is 0 Å². The lowest BCUT2D eigenvalue weighted by atomic mass is 10.00. The van der Waals surface area contributed by atoms with Gasteiger partial charge >= 0.3 is 0 Å². The number of anilines is 2. The second kappa shape index (κ2) is 12.7. The lowest BCUT2D eigenvalue weighted by molar-refractivity contribution is 0.473. The first-order valence-electron chi connectivity index (χ1n) is 17.8. The van der Waals surface area contributed by atoms with Gasteiger partial charge < -0.3 is 9.15 Å². The molecule has 8 aromatic rings. The summed E-state index contributed by atoms with van der Waals surface area (Å²) < 4.78 is 43.9. The quantitative estimate of drug-likeness (QED) is 0.176. The van der Waals surface area contributed by atoms with Gasteiger partial charge in [-0.05, 0) is 72.5 Å². The molecule has 0 N–H and O–H groups in total. The van der Waals surface area contributed by atoms with Crippen LogP contribution in [0.25, 0.3) is 61.3 Å². The molecule has 54 heavy (non-hydrogen) atoms. The Morgan fingerprint density at radius 1 is 0.630 bits per heavy atom. The summed E-state index contributed by atoms with van der Waals surface area (Å²) in [6, 6.07) is 45.8. The van der Waals surface area contributed by atoms with Crippen LogP contribution in [0.2, 0.25) is 0 Å². The molecule has 0 fully saturated rings. The number of furan rings is 1. The normalized spacial score (nSPS) is 14.6. The molecule has 0 radical (unpaired) electrons. The van der Waals surface area contributed by atoms with Crippen molar-refractivity contribution in [2.45, 2.75) is 17.7 Å². The minimum atomic E-state index is -4.20. The number of ether oxygens (including phenoxy) is 1.